The van der Waals surface area contributed by atoms with Crippen LogP contribution in [0.3, 0.4) is 0 Å². The van der Waals surface area contributed by atoms with Gasteiger partial charge in [-0.05, 0) is 30.5 Å². The number of halogens is 3. The molecule has 0 saturated carbocycles. The summed E-state index contributed by atoms with van der Waals surface area (Å²) in [6.45, 7) is 3.12. The van der Waals surface area contributed by atoms with E-state index in [1.807, 2.05) is 0 Å². The Balaban J connectivity index is 2.20. The normalized spacial score (nSPS) is 18.7. The highest BCUT2D eigenvalue weighted by atomic mass is 19.4. The molecule has 132 valence electrons. The highest BCUT2D eigenvalue weighted by Gasteiger charge is 2.49. The van der Waals surface area contributed by atoms with Crippen molar-refractivity contribution >= 4 is 11.9 Å². The topological polar surface area (TPSA) is 69.6 Å². The van der Waals surface area contributed by atoms with Gasteiger partial charge in [-0.2, -0.15) is 13.2 Å². The standard InChI is InChI=1S/C16H19F3N2O3/c1-3-15(4-2)13(23)21(14(24)20-15)9-12(22)10-6-5-7-11(8-10)16(17,18)19/h5-8,12,22H,3-4,9H2,1-2H3,(H,20,24)/t12-/m1/s1. The molecule has 0 spiro atoms. The average Bonchev–Trinajstić information content (AvgIpc) is 2.78. The molecule has 0 aliphatic carbocycles. The average molecular weight is 344 g/mol. The van der Waals surface area contributed by atoms with Crippen molar-refractivity contribution in [1.82, 2.24) is 10.2 Å². The van der Waals surface area contributed by atoms with Gasteiger partial charge in [0.05, 0.1) is 18.2 Å². The summed E-state index contributed by atoms with van der Waals surface area (Å²) in [6, 6.07) is 3.56. The number of imide groups is 1. The number of aliphatic hydroxyl groups excluding tert-OH is 1. The van der Waals surface area contributed by atoms with Gasteiger partial charge in [0.25, 0.3) is 5.91 Å². The first-order chi connectivity index (χ1) is 11.1. The zero-order chi connectivity index (χ0) is 18.1. The second-order valence-corrected chi connectivity index (χ2v) is 5.77. The number of urea groups is 1. The Bertz CT molecular complexity index is 642. The predicted molar refractivity (Wildman–Crippen MR) is 80.0 cm³/mol. The molecule has 1 aromatic carbocycles. The zero-order valence-corrected chi connectivity index (χ0v) is 13.4. The highest BCUT2D eigenvalue weighted by Crippen LogP contribution is 2.32. The number of nitrogens with zero attached hydrogens (tertiary/aromatic N) is 1. The molecule has 0 unspecified atom stereocenters. The lowest BCUT2D eigenvalue weighted by Gasteiger charge is -2.24. The van der Waals surface area contributed by atoms with E-state index in [-0.39, 0.29) is 5.56 Å². The van der Waals surface area contributed by atoms with Gasteiger partial charge in [-0.15, -0.1) is 0 Å². The predicted octanol–water partition coefficient (Wildman–Crippen LogP) is 2.85. The lowest BCUT2D eigenvalue weighted by atomic mass is 9.93. The summed E-state index contributed by atoms with van der Waals surface area (Å²) in [4.78, 5) is 25.3. The number of carbonyl (C=O) groups is 2. The van der Waals surface area contributed by atoms with E-state index in [1.54, 1.807) is 13.8 Å². The summed E-state index contributed by atoms with van der Waals surface area (Å²) in [6.07, 6.45) is -5.14. The summed E-state index contributed by atoms with van der Waals surface area (Å²) in [7, 11) is 0. The number of hydrogen-bond donors (Lipinski definition) is 2. The Kier molecular flexibility index (Phi) is 4.89. The van der Waals surface area contributed by atoms with Crippen LogP contribution in [0.2, 0.25) is 0 Å². The van der Waals surface area contributed by atoms with Gasteiger partial charge in [-0.3, -0.25) is 9.69 Å². The summed E-state index contributed by atoms with van der Waals surface area (Å²) in [5.41, 5.74) is -1.91. The smallest absolute Gasteiger partial charge is 0.387 e. The lowest BCUT2D eigenvalue weighted by molar-refractivity contribution is -0.138. The van der Waals surface area contributed by atoms with Gasteiger partial charge >= 0.3 is 12.2 Å². The Labute approximate surface area is 137 Å². The fraction of sp³-hybridized carbons (Fsp3) is 0.500. The molecule has 1 heterocycles. The van der Waals surface area contributed by atoms with Crippen LogP contribution in [0.25, 0.3) is 0 Å². The molecule has 5 nitrogen and oxygen atoms in total. The summed E-state index contributed by atoms with van der Waals surface area (Å²) in [5, 5.41) is 12.8. The molecule has 2 rings (SSSR count). The number of rotatable bonds is 5. The van der Waals surface area contributed by atoms with Crippen molar-refractivity contribution in [2.24, 2.45) is 0 Å². The summed E-state index contributed by atoms with van der Waals surface area (Å²) in [5.74, 6) is -0.469. The van der Waals surface area contributed by atoms with E-state index in [4.69, 9.17) is 0 Å². The number of β-amino-alcohol motifs (C(OH)–C–C–N with tert-alkyl or cyclic N) is 1. The number of alkyl halides is 3. The van der Waals surface area contributed by atoms with Crippen LogP contribution in [0.4, 0.5) is 18.0 Å². The van der Waals surface area contributed by atoms with Crippen LogP contribution < -0.4 is 5.32 Å². The minimum absolute atomic E-state index is 0.00378. The van der Waals surface area contributed by atoms with Gasteiger partial charge in [0.1, 0.15) is 5.54 Å². The Morgan fingerprint density at radius 2 is 1.88 bits per heavy atom. The van der Waals surface area contributed by atoms with Crippen molar-refractivity contribution in [1.29, 1.82) is 0 Å². The van der Waals surface area contributed by atoms with E-state index in [0.717, 1.165) is 17.0 Å². The number of carbonyl (C=O) groups excluding carboxylic acids is 2. The number of aliphatic hydroxyl groups is 1. The molecule has 1 aliphatic rings. The van der Waals surface area contributed by atoms with Crippen LogP contribution >= 0.6 is 0 Å². The van der Waals surface area contributed by atoms with Crippen molar-refractivity contribution in [3.63, 3.8) is 0 Å². The summed E-state index contributed by atoms with van der Waals surface area (Å²) < 4.78 is 38.2. The minimum Gasteiger partial charge on any atom is -0.387 e. The van der Waals surface area contributed by atoms with Gasteiger partial charge in [0, 0.05) is 0 Å². The molecule has 2 N–H and O–H groups in total. The molecule has 1 atom stereocenters. The Morgan fingerprint density at radius 1 is 1.25 bits per heavy atom. The van der Waals surface area contributed by atoms with Crippen molar-refractivity contribution in [2.75, 3.05) is 6.54 Å². The molecule has 1 fully saturated rings. The minimum atomic E-state index is -4.53. The maximum atomic E-state index is 12.7. The molecule has 0 aromatic heterocycles. The van der Waals surface area contributed by atoms with E-state index in [0.29, 0.717) is 12.8 Å². The molecule has 1 aromatic rings. The highest BCUT2D eigenvalue weighted by molar-refractivity contribution is 6.07. The third-order valence-corrected chi connectivity index (χ3v) is 4.41. The second-order valence-electron chi connectivity index (χ2n) is 5.77. The number of hydrogen-bond acceptors (Lipinski definition) is 3. The quantitative estimate of drug-likeness (QED) is 0.807. The molecule has 8 heteroatoms. The first-order valence-corrected chi connectivity index (χ1v) is 7.64. The van der Waals surface area contributed by atoms with Crippen LogP contribution in [0.1, 0.15) is 43.9 Å². The van der Waals surface area contributed by atoms with Crippen LogP contribution in [0.5, 0.6) is 0 Å². The van der Waals surface area contributed by atoms with E-state index in [9.17, 15) is 27.9 Å². The van der Waals surface area contributed by atoms with E-state index >= 15 is 0 Å². The zero-order valence-electron chi connectivity index (χ0n) is 13.4. The number of amides is 3. The number of benzene rings is 1. The van der Waals surface area contributed by atoms with Crippen LogP contribution in [0.15, 0.2) is 24.3 Å². The SMILES string of the molecule is CCC1(CC)NC(=O)N(C[C@@H](O)c2cccc(C(F)(F)F)c2)C1=O. The molecule has 0 bridgehead atoms. The van der Waals surface area contributed by atoms with Crippen LogP contribution in [0, 0.1) is 0 Å². The third-order valence-electron chi connectivity index (χ3n) is 4.41. The van der Waals surface area contributed by atoms with Crippen molar-refractivity contribution in [3.8, 4) is 0 Å². The van der Waals surface area contributed by atoms with Crippen molar-refractivity contribution in [3.05, 3.63) is 35.4 Å². The first kappa shape index (κ1) is 18.3. The van der Waals surface area contributed by atoms with Gasteiger partial charge in [-0.25, -0.2) is 4.79 Å². The lowest BCUT2D eigenvalue weighted by Crippen LogP contribution is -2.46. The largest absolute Gasteiger partial charge is 0.416 e. The molecular weight excluding hydrogens is 325 g/mol. The third kappa shape index (κ3) is 3.24. The van der Waals surface area contributed by atoms with Gasteiger partial charge < -0.3 is 10.4 Å². The van der Waals surface area contributed by atoms with E-state index in [2.05, 4.69) is 5.32 Å². The molecule has 24 heavy (non-hydrogen) atoms. The van der Waals surface area contributed by atoms with Gasteiger partial charge in [0.2, 0.25) is 0 Å². The van der Waals surface area contributed by atoms with Gasteiger partial charge in [-0.1, -0.05) is 26.0 Å². The van der Waals surface area contributed by atoms with Crippen molar-refractivity contribution in [2.45, 2.75) is 44.5 Å². The van der Waals surface area contributed by atoms with E-state index in [1.165, 1.54) is 12.1 Å². The van der Waals surface area contributed by atoms with Crippen molar-refractivity contribution < 1.29 is 27.9 Å². The summed E-state index contributed by atoms with van der Waals surface area (Å²) >= 11 is 0. The monoisotopic (exact) mass is 344 g/mol. The maximum Gasteiger partial charge on any atom is 0.416 e. The molecule has 1 aliphatic heterocycles. The molecule has 1 saturated heterocycles. The number of nitrogens with one attached hydrogen (secondary N) is 1. The fourth-order valence-electron chi connectivity index (χ4n) is 2.77. The first-order valence-electron chi connectivity index (χ1n) is 7.64. The fourth-order valence-corrected chi connectivity index (χ4v) is 2.77. The Morgan fingerprint density at radius 3 is 2.38 bits per heavy atom. The molecular formula is C16H19F3N2O3. The van der Waals surface area contributed by atoms with E-state index < -0.39 is 41.9 Å². The Hall–Kier alpha value is -2.09. The van der Waals surface area contributed by atoms with Crippen LogP contribution in [-0.2, 0) is 11.0 Å². The molecule has 0 radical (unpaired) electrons. The second kappa shape index (κ2) is 6.43. The maximum absolute atomic E-state index is 12.7. The van der Waals surface area contributed by atoms with Crippen LogP contribution in [-0.4, -0.2) is 34.0 Å². The molecule has 3 amide bonds. The van der Waals surface area contributed by atoms with Gasteiger partial charge in [0.15, 0.2) is 0 Å².